The van der Waals surface area contributed by atoms with Crippen LogP contribution in [0.15, 0.2) is 11.0 Å². The molecule has 1 heterocycles. The van der Waals surface area contributed by atoms with Crippen molar-refractivity contribution in [1.29, 1.82) is 0 Å². The van der Waals surface area contributed by atoms with E-state index >= 15 is 0 Å². The molecule has 0 amide bonds. The number of H-pyrrole nitrogens is 1. The molecule has 0 unspecified atom stereocenters. The van der Waals surface area contributed by atoms with E-state index in [9.17, 15) is 12.3 Å². The van der Waals surface area contributed by atoms with E-state index in [1.54, 1.807) is 6.92 Å². The summed E-state index contributed by atoms with van der Waals surface area (Å²) < 4.78 is 33.1. The number of aromatic nitrogens is 1. The molecule has 0 aliphatic heterocycles. The Morgan fingerprint density at radius 3 is 2.18 bits per heavy atom. The van der Waals surface area contributed by atoms with Crippen molar-refractivity contribution < 1.29 is 12.3 Å². The molecular weight excluding hydrogens is 169 g/mol. The van der Waals surface area contributed by atoms with Crippen LogP contribution >= 0.6 is 0 Å². The molecule has 0 saturated carbocycles. The van der Waals surface area contributed by atoms with Crippen LogP contribution in [-0.4, -0.2) is 13.4 Å². The summed E-state index contributed by atoms with van der Waals surface area (Å²) in [6, 6.07) is 1.27. The fraction of sp³-hybridized carbons (Fsp3) is 0.333. The topological polar surface area (TPSA) is 49.9 Å². The van der Waals surface area contributed by atoms with Gasteiger partial charge in [-0.3, -0.25) is 0 Å². The molecule has 62 valence electrons. The molecule has 1 N–H and O–H groups in total. The lowest BCUT2D eigenvalue weighted by Crippen LogP contribution is -1.91. The lowest BCUT2D eigenvalue weighted by Gasteiger charge is -1.88. The van der Waals surface area contributed by atoms with Crippen LogP contribution in [0.25, 0.3) is 0 Å². The summed E-state index contributed by atoms with van der Waals surface area (Å²) in [4.78, 5) is 2.43. The van der Waals surface area contributed by atoms with Gasteiger partial charge in [-0.15, -0.1) is 3.89 Å². The van der Waals surface area contributed by atoms with Gasteiger partial charge < -0.3 is 4.98 Å². The zero-order chi connectivity index (χ0) is 8.65. The quantitative estimate of drug-likeness (QED) is 0.657. The van der Waals surface area contributed by atoms with Gasteiger partial charge in [0, 0.05) is 11.4 Å². The third kappa shape index (κ3) is 1.59. The molecule has 0 aliphatic rings. The first-order valence-electron chi connectivity index (χ1n) is 3.02. The van der Waals surface area contributed by atoms with E-state index in [1.807, 2.05) is 0 Å². The van der Waals surface area contributed by atoms with Crippen LogP contribution in [0.1, 0.15) is 11.4 Å². The molecular formula is C6H8FNO2S. The number of aromatic amines is 1. The first kappa shape index (κ1) is 8.26. The van der Waals surface area contributed by atoms with Crippen LogP contribution in [0.5, 0.6) is 0 Å². The van der Waals surface area contributed by atoms with Gasteiger partial charge in [-0.1, -0.05) is 0 Å². The molecule has 1 aromatic rings. The van der Waals surface area contributed by atoms with E-state index in [-0.39, 0.29) is 4.90 Å². The predicted molar refractivity (Wildman–Crippen MR) is 38.6 cm³/mol. The Bertz CT molecular complexity index is 366. The average Bonchev–Trinajstić information content (AvgIpc) is 2.08. The fourth-order valence-corrected chi connectivity index (χ4v) is 1.69. The summed E-state index contributed by atoms with van der Waals surface area (Å²) in [6.45, 7) is 3.18. The summed E-state index contributed by atoms with van der Waals surface area (Å²) in [5, 5.41) is 0. The van der Waals surface area contributed by atoms with E-state index in [4.69, 9.17) is 0 Å². The van der Waals surface area contributed by atoms with Gasteiger partial charge in [0.1, 0.15) is 4.90 Å². The Hall–Kier alpha value is -0.840. The van der Waals surface area contributed by atoms with Gasteiger partial charge in [-0.05, 0) is 19.9 Å². The Morgan fingerprint density at radius 1 is 1.45 bits per heavy atom. The highest BCUT2D eigenvalue weighted by atomic mass is 32.3. The van der Waals surface area contributed by atoms with Gasteiger partial charge in [0.25, 0.3) is 0 Å². The SMILES string of the molecule is Cc1cc(S(=O)(=O)F)c(C)[nH]1. The highest BCUT2D eigenvalue weighted by Crippen LogP contribution is 2.17. The molecule has 11 heavy (non-hydrogen) atoms. The number of hydrogen-bond donors (Lipinski definition) is 1. The summed E-state index contributed by atoms with van der Waals surface area (Å²) >= 11 is 0. The van der Waals surface area contributed by atoms with Crippen molar-refractivity contribution in [2.45, 2.75) is 18.7 Å². The van der Waals surface area contributed by atoms with Gasteiger partial charge in [-0.2, -0.15) is 8.42 Å². The first-order valence-corrected chi connectivity index (χ1v) is 4.40. The second-order valence-electron chi connectivity index (χ2n) is 2.38. The minimum absolute atomic E-state index is 0.269. The van der Waals surface area contributed by atoms with Crippen molar-refractivity contribution in [3.05, 3.63) is 17.5 Å². The van der Waals surface area contributed by atoms with Gasteiger partial charge in [0.15, 0.2) is 0 Å². The lowest BCUT2D eigenvalue weighted by atomic mass is 10.4. The van der Waals surface area contributed by atoms with Crippen LogP contribution in [-0.2, 0) is 10.2 Å². The minimum Gasteiger partial charge on any atom is -0.362 e. The Morgan fingerprint density at radius 2 is 2.00 bits per heavy atom. The van der Waals surface area contributed by atoms with E-state index in [2.05, 4.69) is 4.98 Å². The molecule has 3 nitrogen and oxygen atoms in total. The summed E-state index contributed by atoms with van der Waals surface area (Å²) in [6.07, 6.45) is 0. The zero-order valence-corrected chi connectivity index (χ0v) is 7.00. The maximum Gasteiger partial charge on any atom is 0.333 e. The van der Waals surface area contributed by atoms with Crippen molar-refractivity contribution in [3.63, 3.8) is 0 Å². The molecule has 0 spiro atoms. The number of nitrogens with one attached hydrogen (secondary N) is 1. The third-order valence-corrected chi connectivity index (χ3v) is 2.31. The van der Waals surface area contributed by atoms with E-state index in [0.717, 1.165) is 0 Å². The van der Waals surface area contributed by atoms with Crippen LogP contribution in [0, 0.1) is 13.8 Å². The lowest BCUT2D eigenvalue weighted by molar-refractivity contribution is 0.551. The minimum atomic E-state index is -4.54. The largest absolute Gasteiger partial charge is 0.362 e. The highest BCUT2D eigenvalue weighted by molar-refractivity contribution is 7.86. The second-order valence-corrected chi connectivity index (χ2v) is 3.69. The van der Waals surface area contributed by atoms with E-state index < -0.39 is 10.2 Å². The summed E-state index contributed by atoms with van der Waals surface area (Å²) in [5.74, 6) is 0. The molecule has 1 aromatic heterocycles. The van der Waals surface area contributed by atoms with Crippen molar-refractivity contribution in [3.8, 4) is 0 Å². The molecule has 0 bridgehead atoms. The van der Waals surface area contributed by atoms with Gasteiger partial charge >= 0.3 is 10.2 Å². The third-order valence-electron chi connectivity index (χ3n) is 1.36. The van der Waals surface area contributed by atoms with Crippen LogP contribution in [0.2, 0.25) is 0 Å². The number of hydrogen-bond acceptors (Lipinski definition) is 2. The van der Waals surface area contributed by atoms with Crippen molar-refractivity contribution in [1.82, 2.24) is 4.98 Å². The van der Waals surface area contributed by atoms with Crippen molar-refractivity contribution >= 4 is 10.2 Å². The molecule has 0 aromatic carbocycles. The highest BCUT2D eigenvalue weighted by Gasteiger charge is 2.16. The Balaban J connectivity index is 3.36. The van der Waals surface area contributed by atoms with Gasteiger partial charge in [0.05, 0.1) is 0 Å². The van der Waals surface area contributed by atoms with Crippen molar-refractivity contribution in [2.75, 3.05) is 0 Å². The Labute approximate surface area is 64.5 Å². The molecule has 1 rings (SSSR count). The smallest absolute Gasteiger partial charge is 0.333 e. The maximum atomic E-state index is 12.3. The van der Waals surface area contributed by atoms with E-state index in [1.165, 1.54) is 13.0 Å². The van der Waals surface area contributed by atoms with E-state index in [0.29, 0.717) is 11.4 Å². The molecule has 0 saturated heterocycles. The normalized spacial score (nSPS) is 11.9. The molecule has 0 radical (unpaired) electrons. The Kier molecular flexibility index (Phi) is 1.75. The number of rotatable bonds is 1. The predicted octanol–water partition coefficient (Wildman–Crippen LogP) is 1.29. The maximum absolute atomic E-state index is 12.3. The molecule has 5 heteroatoms. The number of aryl methyl sites for hydroxylation is 2. The van der Waals surface area contributed by atoms with Crippen molar-refractivity contribution in [2.24, 2.45) is 0 Å². The average molecular weight is 177 g/mol. The van der Waals surface area contributed by atoms with Gasteiger partial charge in [-0.25, -0.2) is 0 Å². The second kappa shape index (κ2) is 2.34. The zero-order valence-electron chi connectivity index (χ0n) is 6.18. The first-order chi connectivity index (χ1) is 4.91. The van der Waals surface area contributed by atoms with Crippen LogP contribution < -0.4 is 0 Å². The fourth-order valence-electron chi connectivity index (χ4n) is 0.952. The van der Waals surface area contributed by atoms with Crippen LogP contribution in [0.4, 0.5) is 3.89 Å². The molecule has 0 aliphatic carbocycles. The molecule has 0 atom stereocenters. The summed E-state index contributed by atoms with van der Waals surface area (Å²) in [7, 11) is -4.54. The molecule has 0 fully saturated rings. The van der Waals surface area contributed by atoms with Gasteiger partial charge in [0.2, 0.25) is 0 Å². The van der Waals surface area contributed by atoms with Crippen LogP contribution in [0.3, 0.4) is 0 Å². The standard InChI is InChI=1S/C6H8FNO2S/c1-4-3-6(5(2)8-4)11(7,9)10/h3,8H,1-2H3. The number of halogens is 1. The summed E-state index contributed by atoms with van der Waals surface area (Å²) in [5.41, 5.74) is 0.976. The monoisotopic (exact) mass is 177 g/mol.